The maximum Gasteiger partial charge on any atom is 0.227 e. The lowest BCUT2D eigenvalue weighted by atomic mass is 10.1. The van der Waals surface area contributed by atoms with Gasteiger partial charge < -0.3 is 14.7 Å². The highest BCUT2D eigenvalue weighted by Gasteiger charge is 2.13. The molecule has 150 valence electrons. The fourth-order valence-corrected chi connectivity index (χ4v) is 3.42. The lowest BCUT2D eigenvalue weighted by Crippen LogP contribution is -2.29. The largest absolute Gasteiger partial charge is 0.372 e. The third-order valence-corrected chi connectivity index (χ3v) is 5.01. The summed E-state index contributed by atoms with van der Waals surface area (Å²) in [6.45, 7) is 2.19. The summed E-state index contributed by atoms with van der Waals surface area (Å²) in [6, 6.07) is 13.8. The number of nitrogens with zero attached hydrogens (tertiary/aromatic N) is 3. The standard InChI is InChI=1S/C22H23FN4O2/c23-17-6-4-16(5-7-17)22-25-21(29-26-22)13-12-20(28)24-18-8-10-19(11-9-18)27-14-2-1-3-15-27/h4-11H,1-3,12-15H2,(H,24,28). The molecule has 2 heterocycles. The highest BCUT2D eigenvalue weighted by Crippen LogP contribution is 2.22. The molecule has 1 saturated heterocycles. The van der Waals surface area contributed by atoms with Crippen molar-refractivity contribution in [2.24, 2.45) is 0 Å². The minimum atomic E-state index is -0.321. The molecule has 6 nitrogen and oxygen atoms in total. The first-order valence-corrected chi connectivity index (χ1v) is 9.91. The van der Waals surface area contributed by atoms with Crippen molar-refractivity contribution in [1.82, 2.24) is 10.1 Å². The van der Waals surface area contributed by atoms with Crippen LogP contribution in [0.3, 0.4) is 0 Å². The lowest BCUT2D eigenvalue weighted by molar-refractivity contribution is -0.116. The summed E-state index contributed by atoms with van der Waals surface area (Å²) in [7, 11) is 0. The van der Waals surface area contributed by atoms with E-state index in [1.54, 1.807) is 12.1 Å². The van der Waals surface area contributed by atoms with Crippen molar-refractivity contribution in [3.63, 3.8) is 0 Å². The van der Waals surface area contributed by atoms with Crippen molar-refractivity contribution in [2.45, 2.75) is 32.1 Å². The molecule has 3 aromatic rings. The maximum atomic E-state index is 13.0. The molecule has 0 aliphatic carbocycles. The van der Waals surface area contributed by atoms with E-state index >= 15 is 0 Å². The zero-order chi connectivity index (χ0) is 20.1. The normalized spacial score (nSPS) is 14.0. The smallest absolute Gasteiger partial charge is 0.227 e. The van der Waals surface area contributed by atoms with Gasteiger partial charge >= 0.3 is 0 Å². The van der Waals surface area contributed by atoms with Crippen molar-refractivity contribution in [3.05, 3.63) is 60.2 Å². The third-order valence-electron chi connectivity index (χ3n) is 5.01. The Hall–Kier alpha value is -3.22. The number of anilines is 2. The van der Waals surface area contributed by atoms with E-state index in [0.717, 1.165) is 18.8 Å². The third kappa shape index (κ3) is 4.99. The van der Waals surface area contributed by atoms with Crippen LogP contribution >= 0.6 is 0 Å². The van der Waals surface area contributed by atoms with Crippen LogP contribution in [0, 0.1) is 5.82 Å². The molecule has 0 saturated carbocycles. The Morgan fingerprint density at radius 1 is 1.03 bits per heavy atom. The molecule has 2 aromatic carbocycles. The van der Waals surface area contributed by atoms with Crippen molar-refractivity contribution in [2.75, 3.05) is 23.3 Å². The average Bonchev–Trinajstić information content (AvgIpc) is 3.23. The quantitative estimate of drug-likeness (QED) is 0.669. The van der Waals surface area contributed by atoms with Gasteiger partial charge in [0.15, 0.2) is 0 Å². The number of hydrogen-bond acceptors (Lipinski definition) is 5. The van der Waals surface area contributed by atoms with Crippen LogP contribution in [0.4, 0.5) is 15.8 Å². The van der Waals surface area contributed by atoms with Crippen LogP contribution in [0.15, 0.2) is 53.1 Å². The number of amides is 1. The van der Waals surface area contributed by atoms with Gasteiger partial charge in [-0.15, -0.1) is 0 Å². The van der Waals surface area contributed by atoms with E-state index < -0.39 is 0 Å². The molecule has 0 atom stereocenters. The average molecular weight is 394 g/mol. The van der Waals surface area contributed by atoms with Gasteiger partial charge in [0.1, 0.15) is 5.82 Å². The summed E-state index contributed by atoms with van der Waals surface area (Å²) < 4.78 is 18.2. The highest BCUT2D eigenvalue weighted by molar-refractivity contribution is 5.90. The summed E-state index contributed by atoms with van der Waals surface area (Å²) in [5.41, 5.74) is 2.63. The number of hydrogen-bond donors (Lipinski definition) is 1. The van der Waals surface area contributed by atoms with Gasteiger partial charge in [0, 0.05) is 42.9 Å². The number of aromatic nitrogens is 2. The Balaban J connectivity index is 1.28. The minimum absolute atomic E-state index is 0.114. The van der Waals surface area contributed by atoms with E-state index in [1.807, 2.05) is 24.3 Å². The molecule has 7 heteroatoms. The van der Waals surface area contributed by atoms with Crippen LogP contribution < -0.4 is 10.2 Å². The molecule has 0 radical (unpaired) electrons. The van der Waals surface area contributed by atoms with Crippen LogP contribution in [0.1, 0.15) is 31.6 Å². The van der Waals surface area contributed by atoms with E-state index in [2.05, 4.69) is 20.4 Å². The van der Waals surface area contributed by atoms with Gasteiger partial charge in [-0.05, 0) is 67.8 Å². The number of aryl methyl sites for hydroxylation is 1. The van der Waals surface area contributed by atoms with E-state index in [1.165, 1.54) is 37.1 Å². The first-order chi connectivity index (χ1) is 14.2. The summed E-state index contributed by atoms with van der Waals surface area (Å²) in [6.07, 6.45) is 4.34. The Morgan fingerprint density at radius 2 is 1.76 bits per heavy atom. The number of benzene rings is 2. The first-order valence-electron chi connectivity index (χ1n) is 9.91. The molecule has 0 unspecified atom stereocenters. The van der Waals surface area contributed by atoms with E-state index in [9.17, 15) is 9.18 Å². The SMILES string of the molecule is O=C(CCc1nc(-c2ccc(F)cc2)no1)Nc1ccc(N2CCCCC2)cc1. The van der Waals surface area contributed by atoms with E-state index in [0.29, 0.717) is 23.7 Å². The molecule has 1 N–H and O–H groups in total. The Bertz CT molecular complexity index is 948. The van der Waals surface area contributed by atoms with Gasteiger partial charge in [0.25, 0.3) is 0 Å². The van der Waals surface area contributed by atoms with Crippen molar-refractivity contribution < 1.29 is 13.7 Å². The van der Waals surface area contributed by atoms with Crippen LogP contribution in [-0.4, -0.2) is 29.1 Å². The van der Waals surface area contributed by atoms with Crippen LogP contribution in [-0.2, 0) is 11.2 Å². The molecule has 1 aromatic heterocycles. The zero-order valence-electron chi connectivity index (χ0n) is 16.1. The molecule has 29 heavy (non-hydrogen) atoms. The molecular weight excluding hydrogens is 371 g/mol. The van der Waals surface area contributed by atoms with Gasteiger partial charge in [0.05, 0.1) is 0 Å². The summed E-state index contributed by atoms with van der Waals surface area (Å²) >= 11 is 0. The number of halogens is 1. The second-order valence-electron chi connectivity index (χ2n) is 7.16. The Morgan fingerprint density at radius 3 is 2.48 bits per heavy atom. The van der Waals surface area contributed by atoms with Crippen molar-refractivity contribution in [1.29, 1.82) is 0 Å². The summed E-state index contributed by atoms with van der Waals surface area (Å²) in [5, 5.41) is 6.79. The number of carbonyl (C=O) groups is 1. The predicted molar refractivity (Wildman–Crippen MR) is 109 cm³/mol. The van der Waals surface area contributed by atoms with Crippen molar-refractivity contribution >= 4 is 17.3 Å². The van der Waals surface area contributed by atoms with Gasteiger partial charge in [-0.25, -0.2) is 4.39 Å². The number of carbonyl (C=O) groups excluding carboxylic acids is 1. The molecular formula is C22H23FN4O2. The Labute approximate surface area is 168 Å². The van der Waals surface area contributed by atoms with Crippen LogP contribution in [0.5, 0.6) is 0 Å². The predicted octanol–water partition coefficient (Wildman–Crippen LogP) is 4.44. The number of nitrogens with one attached hydrogen (secondary N) is 1. The van der Waals surface area contributed by atoms with Gasteiger partial charge in [0.2, 0.25) is 17.6 Å². The van der Waals surface area contributed by atoms with Gasteiger partial charge in [-0.2, -0.15) is 4.98 Å². The lowest BCUT2D eigenvalue weighted by Gasteiger charge is -2.28. The van der Waals surface area contributed by atoms with Gasteiger partial charge in [-0.1, -0.05) is 5.16 Å². The topological polar surface area (TPSA) is 71.3 Å². The molecule has 1 aliphatic heterocycles. The van der Waals surface area contributed by atoms with Gasteiger partial charge in [-0.3, -0.25) is 4.79 Å². The molecule has 1 aliphatic rings. The van der Waals surface area contributed by atoms with Crippen LogP contribution in [0.2, 0.25) is 0 Å². The van der Waals surface area contributed by atoms with Crippen LogP contribution in [0.25, 0.3) is 11.4 Å². The second kappa shape index (κ2) is 8.86. The Kier molecular flexibility index (Phi) is 5.84. The first kappa shape index (κ1) is 19.1. The molecule has 1 amide bonds. The minimum Gasteiger partial charge on any atom is -0.372 e. The fourth-order valence-electron chi connectivity index (χ4n) is 3.42. The monoisotopic (exact) mass is 394 g/mol. The summed E-state index contributed by atoms with van der Waals surface area (Å²) in [4.78, 5) is 18.9. The van der Waals surface area contributed by atoms with Crippen molar-refractivity contribution in [3.8, 4) is 11.4 Å². The van der Waals surface area contributed by atoms with E-state index in [-0.39, 0.29) is 18.1 Å². The highest BCUT2D eigenvalue weighted by atomic mass is 19.1. The molecule has 1 fully saturated rings. The zero-order valence-corrected chi connectivity index (χ0v) is 16.1. The summed E-state index contributed by atoms with van der Waals surface area (Å²) in [5.74, 6) is 0.323. The van der Waals surface area contributed by atoms with E-state index in [4.69, 9.17) is 4.52 Å². The molecule has 4 rings (SSSR count). The molecule has 0 spiro atoms. The fraction of sp³-hybridized carbons (Fsp3) is 0.318. The number of piperidine rings is 1. The number of rotatable bonds is 6. The maximum absolute atomic E-state index is 13.0. The molecule has 0 bridgehead atoms. The second-order valence-corrected chi connectivity index (χ2v) is 7.16.